The lowest BCUT2D eigenvalue weighted by Gasteiger charge is -2.25. The highest BCUT2D eigenvalue weighted by Gasteiger charge is 2.35. The first-order valence-electron chi connectivity index (χ1n) is 6.92. The van der Waals surface area contributed by atoms with Gasteiger partial charge in [0.05, 0.1) is 5.69 Å². The van der Waals surface area contributed by atoms with Crippen LogP contribution >= 0.6 is 0 Å². The Kier molecular flexibility index (Phi) is 3.41. The molecule has 104 valence electrons. The third-order valence-electron chi connectivity index (χ3n) is 3.61. The Hall–Kier alpha value is -2.30. The Bertz CT molecular complexity index is 547. The van der Waals surface area contributed by atoms with E-state index in [4.69, 9.17) is 0 Å². The third kappa shape index (κ3) is 2.39. The second-order valence-corrected chi connectivity index (χ2v) is 5.06. The van der Waals surface area contributed by atoms with Crippen LogP contribution in [0.5, 0.6) is 0 Å². The first-order chi connectivity index (χ1) is 9.75. The van der Waals surface area contributed by atoms with Gasteiger partial charge in [-0.1, -0.05) is 18.2 Å². The van der Waals surface area contributed by atoms with Crippen LogP contribution in [0.15, 0.2) is 42.1 Å². The number of carbonyl (C=O) groups is 2. The van der Waals surface area contributed by atoms with Crippen LogP contribution in [0.1, 0.15) is 19.3 Å². The number of hydrogen-bond acceptors (Lipinski definition) is 3. The van der Waals surface area contributed by atoms with Crippen LogP contribution in [0.4, 0.5) is 5.69 Å². The van der Waals surface area contributed by atoms with Gasteiger partial charge in [0.1, 0.15) is 5.57 Å². The average Bonchev–Trinajstić information content (AvgIpc) is 2.77. The van der Waals surface area contributed by atoms with Crippen LogP contribution < -0.4 is 10.4 Å². The topological polar surface area (TPSA) is 52.7 Å². The second kappa shape index (κ2) is 5.36. The average molecular weight is 271 g/mol. The molecule has 2 amide bonds. The lowest BCUT2D eigenvalue weighted by atomic mass is 10.1. The summed E-state index contributed by atoms with van der Waals surface area (Å²) in [6.07, 6.45) is 5.15. The van der Waals surface area contributed by atoms with Crippen LogP contribution in [-0.2, 0) is 9.59 Å². The molecule has 2 heterocycles. The summed E-state index contributed by atoms with van der Waals surface area (Å²) in [6.45, 7) is 1.82. The van der Waals surface area contributed by atoms with Crippen molar-refractivity contribution in [2.75, 3.05) is 18.1 Å². The predicted octanol–water partition coefficient (Wildman–Crippen LogP) is 1.43. The minimum absolute atomic E-state index is 0.218. The summed E-state index contributed by atoms with van der Waals surface area (Å²) in [6, 6.07) is 9.13. The molecule has 1 aromatic carbocycles. The highest BCUT2D eigenvalue weighted by atomic mass is 16.2. The summed E-state index contributed by atoms with van der Waals surface area (Å²) in [5, 5.41) is 1.30. The van der Waals surface area contributed by atoms with E-state index in [-0.39, 0.29) is 17.4 Å². The normalized spacial score (nSPS) is 21.5. The number of piperidine rings is 1. The zero-order valence-corrected chi connectivity index (χ0v) is 11.2. The zero-order chi connectivity index (χ0) is 13.9. The maximum Gasteiger partial charge on any atom is 0.284 e. The molecular formula is C15H17N3O2. The van der Waals surface area contributed by atoms with E-state index in [0.717, 1.165) is 25.9 Å². The fourth-order valence-corrected chi connectivity index (χ4v) is 2.53. The van der Waals surface area contributed by atoms with Gasteiger partial charge < -0.3 is 4.90 Å². The summed E-state index contributed by atoms with van der Waals surface area (Å²) in [7, 11) is 0. The van der Waals surface area contributed by atoms with E-state index in [9.17, 15) is 9.59 Å². The molecule has 0 saturated carbocycles. The largest absolute Gasteiger partial charge is 0.377 e. The number of anilines is 1. The fourth-order valence-electron chi connectivity index (χ4n) is 2.53. The smallest absolute Gasteiger partial charge is 0.284 e. The Morgan fingerprint density at radius 2 is 1.70 bits per heavy atom. The van der Waals surface area contributed by atoms with Crippen molar-refractivity contribution < 1.29 is 9.59 Å². The van der Waals surface area contributed by atoms with Gasteiger partial charge in [-0.05, 0) is 31.4 Å². The molecule has 3 rings (SSSR count). The van der Waals surface area contributed by atoms with E-state index in [1.54, 1.807) is 18.3 Å². The molecule has 0 aliphatic carbocycles. The van der Waals surface area contributed by atoms with Crippen molar-refractivity contribution in [2.24, 2.45) is 0 Å². The Morgan fingerprint density at radius 1 is 1.00 bits per heavy atom. The number of nitrogens with zero attached hydrogens (tertiary/aromatic N) is 2. The minimum Gasteiger partial charge on any atom is -0.377 e. The van der Waals surface area contributed by atoms with Crippen molar-refractivity contribution in [2.45, 2.75) is 19.3 Å². The molecule has 0 radical (unpaired) electrons. The fraction of sp³-hybridized carbons (Fsp3) is 0.333. The maximum absolute atomic E-state index is 12.3. The van der Waals surface area contributed by atoms with Gasteiger partial charge in [0.25, 0.3) is 11.8 Å². The van der Waals surface area contributed by atoms with Crippen LogP contribution in [0, 0.1) is 0 Å². The molecule has 5 heteroatoms. The van der Waals surface area contributed by atoms with Gasteiger partial charge in [-0.3, -0.25) is 15.0 Å². The minimum atomic E-state index is -0.329. The van der Waals surface area contributed by atoms with Crippen molar-refractivity contribution in [3.05, 3.63) is 42.1 Å². The molecule has 2 aliphatic heterocycles. The van der Waals surface area contributed by atoms with E-state index < -0.39 is 0 Å². The lowest BCUT2D eigenvalue weighted by Crippen LogP contribution is -2.35. The van der Waals surface area contributed by atoms with Gasteiger partial charge in [0.15, 0.2) is 0 Å². The molecule has 1 N–H and O–H groups in total. The quantitative estimate of drug-likeness (QED) is 0.654. The Labute approximate surface area is 117 Å². The van der Waals surface area contributed by atoms with E-state index in [1.807, 2.05) is 18.2 Å². The highest BCUT2D eigenvalue weighted by molar-refractivity contribution is 6.29. The first-order valence-corrected chi connectivity index (χ1v) is 6.92. The number of rotatable bonds is 2. The monoisotopic (exact) mass is 271 g/mol. The Balaban J connectivity index is 1.81. The van der Waals surface area contributed by atoms with Gasteiger partial charge in [0.2, 0.25) is 0 Å². The maximum atomic E-state index is 12.3. The highest BCUT2D eigenvalue weighted by Crippen LogP contribution is 2.20. The molecule has 0 unspecified atom stereocenters. The molecule has 0 spiro atoms. The number of nitrogens with one attached hydrogen (secondary N) is 1. The number of likely N-dealkylation sites (tertiary alicyclic amines) is 1. The van der Waals surface area contributed by atoms with E-state index in [2.05, 4.69) is 10.3 Å². The summed E-state index contributed by atoms with van der Waals surface area (Å²) in [5.41, 5.74) is 3.50. The molecule has 2 saturated heterocycles. The van der Waals surface area contributed by atoms with Crippen molar-refractivity contribution in [1.82, 2.24) is 10.3 Å². The van der Waals surface area contributed by atoms with Crippen LogP contribution in [0.25, 0.3) is 0 Å². The van der Waals surface area contributed by atoms with E-state index >= 15 is 0 Å². The van der Waals surface area contributed by atoms with Crippen molar-refractivity contribution in [1.29, 1.82) is 0 Å². The first kappa shape index (κ1) is 12.7. The van der Waals surface area contributed by atoms with Crippen molar-refractivity contribution in [3.8, 4) is 0 Å². The molecule has 1 aromatic rings. The molecule has 2 fully saturated rings. The van der Waals surface area contributed by atoms with Crippen molar-refractivity contribution >= 4 is 17.5 Å². The number of carbonyl (C=O) groups excluding carboxylic acids is 2. The van der Waals surface area contributed by atoms with Gasteiger partial charge in [-0.25, -0.2) is 5.01 Å². The molecule has 2 aliphatic rings. The molecule has 0 aromatic heterocycles. The number of hydrazine groups is 1. The number of amides is 2. The van der Waals surface area contributed by atoms with Crippen LogP contribution in [-0.4, -0.2) is 29.8 Å². The van der Waals surface area contributed by atoms with Crippen LogP contribution in [0.2, 0.25) is 0 Å². The molecule has 0 bridgehead atoms. The lowest BCUT2D eigenvalue weighted by molar-refractivity contribution is -0.117. The number of hydrogen-bond donors (Lipinski definition) is 1. The molecule has 5 nitrogen and oxygen atoms in total. The van der Waals surface area contributed by atoms with Crippen LogP contribution in [0.3, 0.4) is 0 Å². The zero-order valence-electron chi connectivity index (χ0n) is 11.2. The van der Waals surface area contributed by atoms with E-state index in [1.165, 1.54) is 11.4 Å². The second-order valence-electron chi connectivity index (χ2n) is 5.06. The summed E-state index contributed by atoms with van der Waals surface area (Å²) >= 11 is 0. The van der Waals surface area contributed by atoms with Crippen molar-refractivity contribution in [3.63, 3.8) is 0 Å². The molecule has 20 heavy (non-hydrogen) atoms. The van der Waals surface area contributed by atoms with Gasteiger partial charge in [-0.15, -0.1) is 0 Å². The SMILES string of the molecule is O=C1NN(c2ccccc2)C(=O)/C1=C/N1CCCCC1. The van der Waals surface area contributed by atoms with Gasteiger partial charge in [0, 0.05) is 19.3 Å². The summed E-state index contributed by atoms with van der Waals surface area (Å²) < 4.78 is 0. The van der Waals surface area contributed by atoms with Gasteiger partial charge >= 0.3 is 0 Å². The third-order valence-corrected chi connectivity index (χ3v) is 3.61. The summed E-state index contributed by atoms with van der Waals surface area (Å²) in [5.74, 6) is -0.615. The number of para-hydroxylation sites is 1. The van der Waals surface area contributed by atoms with E-state index in [0.29, 0.717) is 5.69 Å². The Morgan fingerprint density at radius 3 is 2.40 bits per heavy atom. The molecule has 0 atom stereocenters. The standard InChI is InChI=1S/C15H17N3O2/c19-14-13(11-17-9-5-2-6-10-17)15(20)18(16-14)12-7-3-1-4-8-12/h1,3-4,7-8,11H,2,5-6,9-10H2,(H,16,19)/b13-11+. The molecular weight excluding hydrogens is 254 g/mol. The summed E-state index contributed by atoms with van der Waals surface area (Å²) in [4.78, 5) is 26.4. The number of benzene rings is 1. The van der Waals surface area contributed by atoms with Gasteiger partial charge in [-0.2, -0.15) is 0 Å². The predicted molar refractivity (Wildman–Crippen MR) is 75.6 cm³/mol.